The molecule has 1 amide bonds. The summed E-state index contributed by atoms with van der Waals surface area (Å²) in [6.07, 6.45) is -0.847. The number of carbonyl (C=O) groups excluding carboxylic acids is 1. The standard InChI is InChI=1S/C11H16FN3O2S/c1-11(2,3)17-10(16)15-9(14)7-4-6(5-13)18-8(7)12/h4H,5,13H2,1-3H3,(H2,14,15,16). The number of thiophene rings is 1. The molecule has 0 spiro atoms. The van der Waals surface area contributed by atoms with Crippen LogP contribution in [0.3, 0.4) is 0 Å². The molecule has 1 aromatic rings. The van der Waals surface area contributed by atoms with E-state index < -0.39 is 16.8 Å². The second-order valence-corrected chi connectivity index (χ2v) is 5.67. The van der Waals surface area contributed by atoms with Gasteiger partial charge in [-0.1, -0.05) is 0 Å². The lowest BCUT2D eigenvalue weighted by atomic mass is 10.2. The van der Waals surface area contributed by atoms with Gasteiger partial charge in [-0.3, -0.25) is 0 Å². The first-order valence-corrected chi connectivity index (χ1v) is 6.10. The molecule has 0 fully saturated rings. The summed E-state index contributed by atoms with van der Waals surface area (Å²) in [6.45, 7) is 5.32. The van der Waals surface area contributed by atoms with Crippen LogP contribution in [0.2, 0.25) is 0 Å². The van der Waals surface area contributed by atoms with Gasteiger partial charge in [0.1, 0.15) is 11.4 Å². The summed E-state index contributed by atoms with van der Waals surface area (Å²) >= 11 is 0.878. The molecule has 18 heavy (non-hydrogen) atoms. The molecule has 7 heteroatoms. The van der Waals surface area contributed by atoms with Crippen LogP contribution in [0.5, 0.6) is 0 Å². The Labute approximate surface area is 109 Å². The molecule has 0 aromatic carbocycles. The van der Waals surface area contributed by atoms with E-state index in [0.29, 0.717) is 4.88 Å². The zero-order valence-electron chi connectivity index (χ0n) is 10.5. The molecule has 0 unspecified atom stereocenters. The Morgan fingerprint density at radius 3 is 2.61 bits per heavy atom. The molecule has 1 rings (SSSR count). The molecule has 0 aliphatic heterocycles. The van der Waals surface area contributed by atoms with Crippen molar-refractivity contribution in [1.29, 1.82) is 0 Å². The Kier molecular flexibility index (Phi) is 4.42. The maximum Gasteiger partial charge on any atom is 0.436 e. The Morgan fingerprint density at radius 1 is 1.56 bits per heavy atom. The Balaban J connectivity index is 2.89. The smallest absolute Gasteiger partial charge is 0.436 e. The monoisotopic (exact) mass is 273 g/mol. The van der Waals surface area contributed by atoms with Gasteiger partial charge in [0.05, 0.1) is 5.56 Å². The minimum atomic E-state index is -0.847. The fraction of sp³-hybridized carbons (Fsp3) is 0.455. The van der Waals surface area contributed by atoms with Crippen LogP contribution in [0.15, 0.2) is 11.1 Å². The summed E-state index contributed by atoms with van der Waals surface area (Å²) in [5, 5.41) is -0.514. The summed E-state index contributed by atoms with van der Waals surface area (Å²) in [6, 6.07) is 1.48. The molecule has 0 aliphatic carbocycles. The minimum Gasteiger partial charge on any atom is -0.442 e. The quantitative estimate of drug-likeness (QED) is 0.636. The van der Waals surface area contributed by atoms with Crippen molar-refractivity contribution in [3.8, 4) is 0 Å². The Hall–Kier alpha value is -1.47. The van der Waals surface area contributed by atoms with E-state index in [1.165, 1.54) is 6.07 Å². The van der Waals surface area contributed by atoms with Crippen LogP contribution in [-0.4, -0.2) is 17.5 Å². The lowest BCUT2D eigenvalue weighted by Crippen LogP contribution is -2.24. The molecule has 0 bridgehead atoms. The fourth-order valence-corrected chi connectivity index (χ4v) is 1.90. The maximum atomic E-state index is 13.5. The third kappa shape index (κ3) is 4.08. The summed E-state index contributed by atoms with van der Waals surface area (Å²) in [7, 11) is 0. The minimum absolute atomic E-state index is 0.0753. The molecule has 0 atom stereocenters. The van der Waals surface area contributed by atoms with Crippen molar-refractivity contribution in [3.05, 3.63) is 21.6 Å². The predicted octanol–water partition coefficient (Wildman–Crippen LogP) is 1.99. The maximum absolute atomic E-state index is 13.5. The van der Waals surface area contributed by atoms with Crippen molar-refractivity contribution in [2.24, 2.45) is 16.5 Å². The van der Waals surface area contributed by atoms with Crippen molar-refractivity contribution < 1.29 is 13.9 Å². The third-order valence-electron chi connectivity index (χ3n) is 1.82. The third-order valence-corrected chi connectivity index (χ3v) is 2.77. The number of amides is 1. The summed E-state index contributed by atoms with van der Waals surface area (Å²) in [5.41, 5.74) is 10.4. The van der Waals surface area contributed by atoms with Gasteiger partial charge in [-0.2, -0.15) is 9.38 Å². The van der Waals surface area contributed by atoms with Crippen LogP contribution in [0, 0.1) is 5.13 Å². The van der Waals surface area contributed by atoms with Gasteiger partial charge in [-0.25, -0.2) is 4.79 Å². The van der Waals surface area contributed by atoms with Crippen LogP contribution in [0.25, 0.3) is 0 Å². The Morgan fingerprint density at radius 2 is 2.17 bits per heavy atom. The lowest BCUT2D eigenvalue weighted by Gasteiger charge is -2.17. The number of hydrogen-bond acceptors (Lipinski definition) is 4. The number of ether oxygens (including phenoxy) is 1. The van der Waals surface area contributed by atoms with Crippen molar-refractivity contribution >= 4 is 23.3 Å². The van der Waals surface area contributed by atoms with E-state index in [1.54, 1.807) is 20.8 Å². The van der Waals surface area contributed by atoms with Crippen molar-refractivity contribution in [2.45, 2.75) is 32.9 Å². The Bertz CT molecular complexity index is 477. The number of halogens is 1. The molecule has 4 N–H and O–H groups in total. The van der Waals surface area contributed by atoms with E-state index in [4.69, 9.17) is 16.2 Å². The molecular weight excluding hydrogens is 257 g/mol. The molecular formula is C11H16FN3O2S. The average Bonchev–Trinajstić information content (AvgIpc) is 2.56. The van der Waals surface area contributed by atoms with Crippen LogP contribution >= 0.6 is 11.3 Å². The molecule has 1 aromatic heterocycles. The van der Waals surface area contributed by atoms with Gasteiger partial charge in [-0.05, 0) is 26.8 Å². The number of carbonyl (C=O) groups is 1. The highest BCUT2D eigenvalue weighted by molar-refractivity contribution is 7.10. The van der Waals surface area contributed by atoms with Gasteiger partial charge in [0, 0.05) is 11.4 Å². The first kappa shape index (κ1) is 14.6. The van der Waals surface area contributed by atoms with E-state index in [-0.39, 0.29) is 17.9 Å². The largest absolute Gasteiger partial charge is 0.442 e. The normalized spacial score (nSPS) is 12.6. The van der Waals surface area contributed by atoms with Gasteiger partial charge in [0.15, 0.2) is 5.13 Å². The van der Waals surface area contributed by atoms with Crippen molar-refractivity contribution in [3.63, 3.8) is 0 Å². The average molecular weight is 273 g/mol. The first-order chi connectivity index (χ1) is 8.23. The van der Waals surface area contributed by atoms with Crippen LogP contribution in [0.1, 0.15) is 31.2 Å². The topological polar surface area (TPSA) is 90.7 Å². The van der Waals surface area contributed by atoms with Gasteiger partial charge < -0.3 is 16.2 Å². The molecule has 0 radical (unpaired) electrons. The van der Waals surface area contributed by atoms with E-state index in [1.807, 2.05) is 0 Å². The lowest BCUT2D eigenvalue weighted by molar-refractivity contribution is 0.0604. The fourth-order valence-electron chi connectivity index (χ4n) is 1.14. The number of amidine groups is 1. The number of nitrogens with zero attached hydrogens (tertiary/aromatic N) is 1. The number of rotatable bonds is 2. The molecule has 0 saturated heterocycles. The van der Waals surface area contributed by atoms with Crippen LogP contribution in [-0.2, 0) is 11.3 Å². The van der Waals surface area contributed by atoms with Crippen molar-refractivity contribution in [2.75, 3.05) is 0 Å². The molecule has 100 valence electrons. The molecule has 1 heterocycles. The van der Waals surface area contributed by atoms with E-state index in [9.17, 15) is 9.18 Å². The highest BCUT2D eigenvalue weighted by Gasteiger charge is 2.18. The number of aliphatic imine (C=N–C) groups is 1. The zero-order chi connectivity index (χ0) is 13.9. The van der Waals surface area contributed by atoms with Gasteiger partial charge in [-0.15, -0.1) is 11.3 Å². The number of hydrogen-bond donors (Lipinski definition) is 2. The number of nitrogens with two attached hydrogens (primary N) is 2. The molecule has 0 aliphatic rings. The van der Waals surface area contributed by atoms with E-state index >= 15 is 0 Å². The predicted molar refractivity (Wildman–Crippen MR) is 69.1 cm³/mol. The highest BCUT2D eigenvalue weighted by atomic mass is 32.1. The van der Waals surface area contributed by atoms with Crippen LogP contribution < -0.4 is 11.5 Å². The summed E-state index contributed by atoms with van der Waals surface area (Å²) in [4.78, 5) is 15.5. The zero-order valence-corrected chi connectivity index (χ0v) is 11.3. The van der Waals surface area contributed by atoms with E-state index in [2.05, 4.69) is 4.99 Å². The SMILES string of the molecule is CC(C)(C)OC(=O)N=C(N)c1cc(CN)sc1F. The second-order valence-electron chi connectivity index (χ2n) is 4.58. The van der Waals surface area contributed by atoms with Crippen molar-refractivity contribution in [1.82, 2.24) is 0 Å². The van der Waals surface area contributed by atoms with E-state index in [0.717, 1.165) is 11.3 Å². The summed E-state index contributed by atoms with van der Waals surface area (Å²) < 4.78 is 18.4. The summed E-state index contributed by atoms with van der Waals surface area (Å²) in [5.74, 6) is -0.210. The highest BCUT2D eigenvalue weighted by Crippen LogP contribution is 2.20. The first-order valence-electron chi connectivity index (χ1n) is 5.28. The van der Waals surface area contributed by atoms with Gasteiger partial charge in [0.25, 0.3) is 0 Å². The molecule has 0 saturated carbocycles. The second kappa shape index (κ2) is 5.45. The van der Waals surface area contributed by atoms with Gasteiger partial charge in [0.2, 0.25) is 0 Å². The van der Waals surface area contributed by atoms with Gasteiger partial charge >= 0.3 is 6.09 Å². The molecule has 5 nitrogen and oxygen atoms in total. The van der Waals surface area contributed by atoms with Crippen LogP contribution in [0.4, 0.5) is 9.18 Å².